The normalized spacial score (nSPS) is 19.2. The van der Waals surface area contributed by atoms with E-state index in [1.54, 1.807) is 0 Å². The Bertz CT molecular complexity index is 345. The van der Waals surface area contributed by atoms with E-state index in [4.69, 9.17) is 10.5 Å². The first-order valence-electron chi connectivity index (χ1n) is 6.63. The van der Waals surface area contributed by atoms with Gasteiger partial charge in [-0.25, -0.2) is 0 Å². The van der Waals surface area contributed by atoms with Crippen molar-refractivity contribution in [2.45, 2.75) is 38.6 Å². The van der Waals surface area contributed by atoms with Gasteiger partial charge >= 0.3 is 0 Å². The van der Waals surface area contributed by atoms with Crippen LogP contribution in [-0.4, -0.2) is 19.3 Å². The molecule has 0 aromatic heterocycles. The summed E-state index contributed by atoms with van der Waals surface area (Å²) in [7, 11) is 0. The Morgan fingerprint density at radius 1 is 1.35 bits per heavy atom. The molecule has 2 rings (SSSR count). The summed E-state index contributed by atoms with van der Waals surface area (Å²) in [5.74, 6) is 0.767. The quantitative estimate of drug-likeness (QED) is 0.867. The monoisotopic (exact) mass is 233 g/mol. The molecule has 0 amide bonds. The summed E-state index contributed by atoms with van der Waals surface area (Å²) in [5, 5.41) is 0. The van der Waals surface area contributed by atoms with E-state index in [2.05, 4.69) is 31.2 Å². The van der Waals surface area contributed by atoms with Gasteiger partial charge in [0.2, 0.25) is 0 Å². The molecule has 2 heteroatoms. The average Bonchev–Trinajstić information content (AvgIpc) is 2.30. The van der Waals surface area contributed by atoms with Crippen LogP contribution in [0, 0.1) is 12.8 Å². The topological polar surface area (TPSA) is 35.2 Å². The fourth-order valence-electron chi connectivity index (χ4n) is 2.64. The molecule has 1 fully saturated rings. The number of nitrogens with two attached hydrogens (primary N) is 1. The van der Waals surface area contributed by atoms with E-state index in [-0.39, 0.29) is 0 Å². The van der Waals surface area contributed by atoms with Crippen LogP contribution < -0.4 is 5.73 Å². The van der Waals surface area contributed by atoms with E-state index in [0.29, 0.717) is 6.04 Å². The highest BCUT2D eigenvalue weighted by Gasteiger charge is 2.17. The largest absolute Gasteiger partial charge is 0.381 e. The molecule has 0 saturated carbocycles. The second-order valence-corrected chi connectivity index (χ2v) is 5.24. The molecule has 1 heterocycles. The fraction of sp³-hybridized carbons (Fsp3) is 0.600. The zero-order valence-electron chi connectivity index (χ0n) is 10.7. The van der Waals surface area contributed by atoms with Crippen molar-refractivity contribution in [3.63, 3.8) is 0 Å². The Hall–Kier alpha value is -0.860. The van der Waals surface area contributed by atoms with Crippen LogP contribution in [0.25, 0.3) is 0 Å². The Kier molecular flexibility index (Phi) is 4.57. The highest BCUT2D eigenvalue weighted by molar-refractivity contribution is 5.22. The Labute approximate surface area is 104 Å². The van der Waals surface area contributed by atoms with Crippen molar-refractivity contribution in [3.05, 3.63) is 35.4 Å². The van der Waals surface area contributed by atoms with Gasteiger partial charge in [-0.2, -0.15) is 0 Å². The lowest BCUT2D eigenvalue weighted by molar-refractivity contribution is 0.0619. The molecular formula is C15H23NO. The van der Waals surface area contributed by atoms with Crippen LogP contribution in [0.15, 0.2) is 24.3 Å². The second kappa shape index (κ2) is 6.18. The Morgan fingerprint density at radius 3 is 2.82 bits per heavy atom. The molecule has 0 spiro atoms. The number of ether oxygens (including phenoxy) is 1. The fourth-order valence-corrected chi connectivity index (χ4v) is 2.64. The maximum absolute atomic E-state index is 6.25. The summed E-state index contributed by atoms with van der Waals surface area (Å²) < 4.78 is 5.37. The highest BCUT2D eigenvalue weighted by atomic mass is 16.5. The number of hydrogen-bond donors (Lipinski definition) is 1. The molecule has 1 aliphatic rings. The van der Waals surface area contributed by atoms with Gasteiger partial charge in [-0.15, -0.1) is 0 Å². The van der Waals surface area contributed by atoms with E-state index in [1.807, 2.05) is 0 Å². The van der Waals surface area contributed by atoms with Crippen molar-refractivity contribution in [3.8, 4) is 0 Å². The molecule has 0 radical (unpaired) electrons. The van der Waals surface area contributed by atoms with E-state index >= 15 is 0 Å². The highest BCUT2D eigenvalue weighted by Crippen LogP contribution is 2.21. The molecule has 1 unspecified atom stereocenters. The SMILES string of the molecule is Cc1cccc(CC(N)CC2CCOCC2)c1. The van der Waals surface area contributed by atoms with Crippen molar-refractivity contribution in [1.29, 1.82) is 0 Å². The smallest absolute Gasteiger partial charge is 0.0468 e. The zero-order chi connectivity index (χ0) is 12.1. The molecule has 1 aromatic rings. The number of hydrogen-bond acceptors (Lipinski definition) is 2. The van der Waals surface area contributed by atoms with E-state index < -0.39 is 0 Å². The summed E-state index contributed by atoms with van der Waals surface area (Å²) in [6.45, 7) is 3.97. The average molecular weight is 233 g/mol. The number of benzene rings is 1. The minimum atomic E-state index is 0.292. The summed E-state index contributed by atoms with van der Waals surface area (Å²) in [6, 6.07) is 8.96. The van der Waals surface area contributed by atoms with Crippen LogP contribution in [0.2, 0.25) is 0 Å². The lowest BCUT2D eigenvalue weighted by Gasteiger charge is -2.24. The van der Waals surface area contributed by atoms with Crippen LogP contribution in [0.3, 0.4) is 0 Å². The predicted octanol–water partition coefficient (Wildman–Crippen LogP) is 2.68. The molecule has 2 N–H and O–H groups in total. The first-order valence-corrected chi connectivity index (χ1v) is 6.63. The van der Waals surface area contributed by atoms with Gasteiger partial charge in [0, 0.05) is 19.3 Å². The third-order valence-corrected chi connectivity index (χ3v) is 3.56. The zero-order valence-corrected chi connectivity index (χ0v) is 10.7. The molecule has 0 aliphatic carbocycles. The molecule has 17 heavy (non-hydrogen) atoms. The Morgan fingerprint density at radius 2 is 2.12 bits per heavy atom. The molecular weight excluding hydrogens is 210 g/mol. The van der Waals surface area contributed by atoms with Crippen molar-refractivity contribution < 1.29 is 4.74 Å². The number of aryl methyl sites for hydroxylation is 1. The summed E-state index contributed by atoms with van der Waals surface area (Å²) in [4.78, 5) is 0. The van der Waals surface area contributed by atoms with Gasteiger partial charge in [-0.05, 0) is 44.1 Å². The van der Waals surface area contributed by atoms with Crippen LogP contribution >= 0.6 is 0 Å². The van der Waals surface area contributed by atoms with Crippen molar-refractivity contribution in [2.24, 2.45) is 11.7 Å². The third-order valence-electron chi connectivity index (χ3n) is 3.56. The van der Waals surface area contributed by atoms with Gasteiger partial charge in [-0.1, -0.05) is 29.8 Å². The maximum atomic E-state index is 6.25. The number of rotatable bonds is 4. The molecule has 1 saturated heterocycles. The predicted molar refractivity (Wildman–Crippen MR) is 71.0 cm³/mol. The Balaban J connectivity index is 1.82. The molecule has 1 aliphatic heterocycles. The van der Waals surface area contributed by atoms with Crippen LogP contribution in [0.1, 0.15) is 30.4 Å². The van der Waals surface area contributed by atoms with Crippen LogP contribution in [0.5, 0.6) is 0 Å². The summed E-state index contributed by atoms with van der Waals surface area (Å²) in [6.07, 6.45) is 4.50. The van der Waals surface area contributed by atoms with E-state index in [0.717, 1.165) is 32.0 Å². The minimum absolute atomic E-state index is 0.292. The standard InChI is InChI=1S/C15H23NO/c1-12-3-2-4-14(9-12)11-15(16)10-13-5-7-17-8-6-13/h2-4,9,13,15H,5-8,10-11,16H2,1H3. The second-order valence-electron chi connectivity index (χ2n) is 5.24. The molecule has 1 aromatic carbocycles. The van der Waals surface area contributed by atoms with Crippen LogP contribution in [-0.2, 0) is 11.2 Å². The van der Waals surface area contributed by atoms with Gasteiger partial charge in [-0.3, -0.25) is 0 Å². The van der Waals surface area contributed by atoms with Gasteiger partial charge in [0.15, 0.2) is 0 Å². The van der Waals surface area contributed by atoms with Crippen molar-refractivity contribution >= 4 is 0 Å². The molecule has 2 nitrogen and oxygen atoms in total. The lowest BCUT2D eigenvalue weighted by Crippen LogP contribution is -2.28. The van der Waals surface area contributed by atoms with Gasteiger partial charge in [0.25, 0.3) is 0 Å². The summed E-state index contributed by atoms with van der Waals surface area (Å²) >= 11 is 0. The van der Waals surface area contributed by atoms with Crippen LogP contribution in [0.4, 0.5) is 0 Å². The lowest BCUT2D eigenvalue weighted by atomic mass is 9.90. The molecule has 94 valence electrons. The molecule has 0 bridgehead atoms. The minimum Gasteiger partial charge on any atom is -0.381 e. The van der Waals surface area contributed by atoms with E-state index in [9.17, 15) is 0 Å². The van der Waals surface area contributed by atoms with E-state index in [1.165, 1.54) is 24.0 Å². The first kappa shape index (κ1) is 12.6. The first-order chi connectivity index (χ1) is 8.24. The third kappa shape index (κ3) is 4.14. The van der Waals surface area contributed by atoms with Gasteiger partial charge < -0.3 is 10.5 Å². The van der Waals surface area contributed by atoms with Gasteiger partial charge in [0.05, 0.1) is 0 Å². The van der Waals surface area contributed by atoms with Crippen molar-refractivity contribution in [1.82, 2.24) is 0 Å². The summed E-state index contributed by atoms with van der Waals surface area (Å²) in [5.41, 5.74) is 8.93. The molecule has 1 atom stereocenters. The van der Waals surface area contributed by atoms with Crippen molar-refractivity contribution in [2.75, 3.05) is 13.2 Å². The maximum Gasteiger partial charge on any atom is 0.0468 e. The van der Waals surface area contributed by atoms with Gasteiger partial charge in [0.1, 0.15) is 0 Å².